The lowest BCUT2D eigenvalue weighted by molar-refractivity contribution is -0.117. The fraction of sp³-hybridized carbons (Fsp3) is 0.400. The van der Waals surface area contributed by atoms with E-state index < -0.39 is 0 Å². The average Bonchev–Trinajstić information content (AvgIpc) is 3.02. The molecule has 0 radical (unpaired) electrons. The Morgan fingerprint density at radius 2 is 2.18 bits per heavy atom. The normalized spacial score (nSPS) is 19.1. The van der Waals surface area contributed by atoms with Gasteiger partial charge in [0.25, 0.3) is 0 Å². The van der Waals surface area contributed by atoms with Crippen LogP contribution in [0.4, 0.5) is 10.8 Å². The van der Waals surface area contributed by atoms with Gasteiger partial charge in [0.1, 0.15) is 0 Å². The maximum Gasteiger partial charge on any atom is 0.238 e. The summed E-state index contributed by atoms with van der Waals surface area (Å²) >= 11 is 1.66. The van der Waals surface area contributed by atoms with Crippen LogP contribution in [0.25, 0.3) is 0 Å². The van der Waals surface area contributed by atoms with Crippen LogP contribution in [-0.2, 0) is 4.79 Å². The Kier molecular flexibility index (Phi) is 4.65. The Hall–Kier alpha value is -1.99. The number of thiazole rings is 1. The Morgan fingerprint density at radius 3 is 2.86 bits per heavy atom. The molecule has 1 fully saturated rings. The number of rotatable bonds is 4. The highest BCUT2D eigenvalue weighted by atomic mass is 32.1. The Morgan fingerprint density at radius 1 is 1.36 bits per heavy atom. The molecule has 0 spiro atoms. The first-order valence-corrected chi connectivity index (χ1v) is 8.19. The lowest BCUT2D eigenvalue weighted by atomic mass is 10.2. The summed E-state index contributed by atoms with van der Waals surface area (Å²) in [6, 6.07) is 3.94. The van der Waals surface area contributed by atoms with Gasteiger partial charge < -0.3 is 10.2 Å². The van der Waals surface area contributed by atoms with E-state index in [1.807, 2.05) is 11.6 Å². The lowest BCUT2D eigenvalue weighted by Gasteiger charge is -2.39. The van der Waals surface area contributed by atoms with Crippen LogP contribution < -0.4 is 10.2 Å². The van der Waals surface area contributed by atoms with Crippen LogP contribution >= 0.6 is 11.3 Å². The van der Waals surface area contributed by atoms with Crippen LogP contribution in [0.5, 0.6) is 0 Å². The quantitative estimate of drug-likeness (QED) is 0.930. The zero-order valence-corrected chi connectivity index (χ0v) is 13.3. The highest BCUT2D eigenvalue weighted by Crippen LogP contribution is 2.22. The monoisotopic (exact) mass is 317 g/mol. The Balaban J connectivity index is 1.51. The number of carbonyl (C=O) groups is 1. The van der Waals surface area contributed by atoms with Crippen LogP contribution in [-0.4, -0.2) is 53.0 Å². The molecule has 0 saturated carbocycles. The van der Waals surface area contributed by atoms with Crippen molar-refractivity contribution in [3.05, 3.63) is 36.1 Å². The molecule has 1 amide bonds. The molecule has 2 aromatic rings. The maximum absolute atomic E-state index is 12.1. The van der Waals surface area contributed by atoms with Crippen molar-refractivity contribution in [1.82, 2.24) is 14.9 Å². The van der Waals surface area contributed by atoms with E-state index in [0.717, 1.165) is 30.5 Å². The minimum absolute atomic E-state index is 0.0149. The van der Waals surface area contributed by atoms with E-state index in [2.05, 4.69) is 32.0 Å². The second-order valence-corrected chi connectivity index (χ2v) is 6.25. The highest BCUT2D eigenvalue weighted by Gasteiger charge is 2.26. The van der Waals surface area contributed by atoms with Crippen LogP contribution in [0.15, 0.2) is 36.1 Å². The number of aromatic nitrogens is 2. The largest absolute Gasteiger partial charge is 0.343 e. The molecule has 1 N–H and O–H groups in total. The van der Waals surface area contributed by atoms with Crippen molar-refractivity contribution in [2.24, 2.45) is 0 Å². The van der Waals surface area contributed by atoms with Crippen molar-refractivity contribution in [1.29, 1.82) is 0 Å². The zero-order valence-electron chi connectivity index (χ0n) is 12.5. The first-order chi connectivity index (χ1) is 10.7. The summed E-state index contributed by atoms with van der Waals surface area (Å²) in [4.78, 5) is 24.9. The van der Waals surface area contributed by atoms with Gasteiger partial charge in [-0.2, -0.15) is 0 Å². The summed E-state index contributed by atoms with van der Waals surface area (Å²) in [5, 5.41) is 5.96. The van der Waals surface area contributed by atoms with Gasteiger partial charge in [-0.1, -0.05) is 0 Å². The second-order valence-electron chi connectivity index (χ2n) is 5.38. The summed E-state index contributed by atoms with van der Waals surface area (Å²) < 4.78 is 0. The molecule has 0 aromatic carbocycles. The van der Waals surface area contributed by atoms with Gasteiger partial charge in [0.15, 0.2) is 5.13 Å². The minimum atomic E-state index is 0.0149. The Bertz CT molecular complexity index is 604. The number of carbonyl (C=O) groups excluding carboxylic acids is 1. The number of nitrogens with one attached hydrogen (secondary N) is 1. The van der Waals surface area contributed by atoms with Gasteiger partial charge in [0.2, 0.25) is 5.91 Å². The fourth-order valence-corrected chi connectivity index (χ4v) is 3.43. The van der Waals surface area contributed by atoms with Crippen molar-refractivity contribution in [3.63, 3.8) is 0 Å². The lowest BCUT2D eigenvalue weighted by Crippen LogP contribution is -2.53. The third kappa shape index (κ3) is 3.61. The predicted molar refractivity (Wildman–Crippen MR) is 88.2 cm³/mol. The summed E-state index contributed by atoms with van der Waals surface area (Å²) in [6.45, 7) is 5.22. The molecule has 7 heteroatoms. The molecule has 3 rings (SSSR count). The van der Waals surface area contributed by atoms with Gasteiger partial charge in [0, 0.05) is 55.3 Å². The van der Waals surface area contributed by atoms with Crippen molar-refractivity contribution in [3.8, 4) is 0 Å². The van der Waals surface area contributed by atoms with Gasteiger partial charge in [0.05, 0.1) is 6.54 Å². The van der Waals surface area contributed by atoms with E-state index in [1.54, 1.807) is 35.9 Å². The number of hydrogen-bond donors (Lipinski definition) is 1. The van der Waals surface area contributed by atoms with Crippen LogP contribution in [0.1, 0.15) is 6.92 Å². The molecule has 1 saturated heterocycles. The number of hydrogen-bond acceptors (Lipinski definition) is 6. The number of anilines is 2. The molecule has 0 bridgehead atoms. The maximum atomic E-state index is 12.1. The van der Waals surface area contributed by atoms with Crippen molar-refractivity contribution in [2.45, 2.75) is 13.0 Å². The molecule has 0 unspecified atom stereocenters. The number of piperazine rings is 1. The highest BCUT2D eigenvalue weighted by molar-refractivity contribution is 7.13. The average molecular weight is 317 g/mol. The first-order valence-electron chi connectivity index (χ1n) is 7.31. The van der Waals surface area contributed by atoms with Gasteiger partial charge in [-0.05, 0) is 19.1 Å². The number of amides is 1. The second kappa shape index (κ2) is 6.85. The van der Waals surface area contributed by atoms with Crippen LogP contribution in [0.3, 0.4) is 0 Å². The number of nitrogens with zero attached hydrogens (tertiary/aromatic N) is 4. The van der Waals surface area contributed by atoms with Crippen molar-refractivity contribution in [2.75, 3.05) is 36.4 Å². The SMILES string of the molecule is C[C@H]1CN(CC(=O)Nc2ccncc2)CCN1c1nccs1. The van der Waals surface area contributed by atoms with Crippen molar-refractivity contribution >= 4 is 28.1 Å². The zero-order chi connectivity index (χ0) is 15.4. The van der Waals surface area contributed by atoms with Gasteiger partial charge in [-0.25, -0.2) is 4.98 Å². The smallest absolute Gasteiger partial charge is 0.238 e. The molecule has 2 aromatic heterocycles. The Labute approximate surface area is 133 Å². The first kappa shape index (κ1) is 14.9. The molecule has 0 aliphatic carbocycles. The minimum Gasteiger partial charge on any atom is -0.343 e. The topological polar surface area (TPSA) is 61.4 Å². The molecule has 6 nitrogen and oxygen atoms in total. The van der Waals surface area contributed by atoms with Gasteiger partial charge in [-0.3, -0.25) is 14.7 Å². The van der Waals surface area contributed by atoms with Crippen molar-refractivity contribution < 1.29 is 4.79 Å². The molecule has 1 aliphatic rings. The summed E-state index contributed by atoms with van der Waals surface area (Å²) in [5.41, 5.74) is 0.787. The van der Waals surface area contributed by atoms with E-state index in [-0.39, 0.29) is 5.91 Å². The molecular formula is C15H19N5OS. The molecular weight excluding hydrogens is 298 g/mol. The molecule has 22 heavy (non-hydrogen) atoms. The van der Waals surface area contributed by atoms with E-state index in [4.69, 9.17) is 0 Å². The predicted octanol–water partition coefficient (Wildman–Crippen LogP) is 1.69. The summed E-state index contributed by atoms with van der Waals surface area (Å²) in [7, 11) is 0. The molecule has 1 aliphatic heterocycles. The molecule has 3 heterocycles. The molecule has 116 valence electrons. The van der Waals surface area contributed by atoms with E-state index in [9.17, 15) is 4.79 Å². The summed E-state index contributed by atoms with van der Waals surface area (Å²) in [6.07, 6.45) is 5.18. The van der Waals surface area contributed by atoms with E-state index in [1.165, 1.54) is 0 Å². The number of pyridine rings is 1. The van der Waals surface area contributed by atoms with Gasteiger partial charge in [-0.15, -0.1) is 11.3 Å². The van der Waals surface area contributed by atoms with E-state index in [0.29, 0.717) is 12.6 Å². The van der Waals surface area contributed by atoms with E-state index >= 15 is 0 Å². The standard InChI is InChI=1S/C15H19N5OS/c1-12-10-19(7-8-20(12)15-17-6-9-22-15)11-14(21)18-13-2-4-16-5-3-13/h2-6,9,12H,7-8,10-11H2,1H3,(H,16,18,21)/t12-/m0/s1. The molecule has 1 atom stereocenters. The third-order valence-electron chi connectivity index (χ3n) is 3.71. The fourth-order valence-electron chi connectivity index (χ4n) is 2.66. The van der Waals surface area contributed by atoms with Crippen LogP contribution in [0, 0.1) is 0 Å². The summed E-state index contributed by atoms with van der Waals surface area (Å²) in [5.74, 6) is 0.0149. The van der Waals surface area contributed by atoms with Crippen LogP contribution in [0.2, 0.25) is 0 Å². The third-order valence-corrected chi connectivity index (χ3v) is 4.52. The van der Waals surface area contributed by atoms with Gasteiger partial charge >= 0.3 is 0 Å².